The largest absolute Gasteiger partial charge is 0.507 e. The predicted molar refractivity (Wildman–Crippen MR) is 98.0 cm³/mol. The van der Waals surface area contributed by atoms with E-state index >= 15 is 0 Å². The summed E-state index contributed by atoms with van der Waals surface area (Å²) in [6.07, 6.45) is -4.09. The maximum atomic E-state index is 10.3. The van der Waals surface area contributed by atoms with Crippen molar-refractivity contribution in [3.63, 3.8) is 0 Å². The molecule has 0 radical (unpaired) electrons. The average Bonchev–Trinajstić information content (AvgIpc) is 2.64. The Balaban J connectivity index is 1.74. The van der Waals surface area contributed by atoms with E-state index in [0.717, 1.165) is 34.4 Å². The smallest absolute Gasteiger partial charge is 0.186 e. The van der Waals surface area contributed by atoms with Crippen molar-refractivity contribution in [2.75, 3.05) is 6.61 Å². The van der Waals surface area contributed by atoms with Gasteiger partial charge in [-0.15, -0.1) is 0 Å². The highest BCUT2D eigenvalue weighted by Crippen LogP contribution is 2.43. The summed E-state index contributed by atoms with van der Waals surface area (Å²) in [4.78, 5) is 0. The van der Waals surface area contributed by atoms with Gasteiger partial charge in [0.05, 0.1) is 12.7 Å². The number of phenols is 1. The highest BCUT2D eigenvalue weighted by molar-refractivity contribution is 5.58. The van der Waals surface area contributed by atoms with Gasteiger partial charge in [0.25, 0.3) is 0 Å². The van der Waals surface area contributed by atoms with Crippen molar-refractivity contribution < 1.29 is 34.6 Å². The molecule has 2 heterocycles. The normalized spacial score (nSPS) is 36.2. The summed E-state index contributed by atoms with van der Waals surface area (Å²) in [7, 11) is 0. The first-order valence-corrected chi connectivity index (χ1v) is 9.37. The van der Waals surface area contributed by atoms with Gasteiger partial charge in [0.2, 0.25) is 0 Å². The number of hydrogen-bond donors (Lipinski definition) is 4. The summed E-state index contributed by atoms with van der Waals surface area (Å²) in [5, 5.41) is 40.1. The molecule has 0 aromatic heterocycles. The van der Waals surface area contributed by atoms with Crippen LogP contribution >= 0.6 is 0 Å². The van der Waals surface area contributed by atoms with Crippen LogP contribution in [0, 0.1) is 20.8 Å². The van der Waals surface area contributed by atoms with E-state index in [-0.39, 0.29) is 6.61 Å². The quantitative estimate of drug-likeness (QED) is 0.623. The second-order valence-electron chi connectivity index (χ2n) is 8.08. The lowest BCUT2D eigenvalue weighted by Gasteiger charge is -2.42. The molecule has 4 N–H and O–H groups in total. The molecule has 6 atom stereocenters. The minimum Gasteiger partial charge on any atom is -0.507 e. The Hall–Kier alpha value is -1.38. The molecule has 1 aromatic rings. The van der Waals surface area contributed by atoms with E-state index in [1.165, 1.54) is 0 Å². The Labute approximate surface area is 159 Å². The van der Waals surface area contributed by atoms with Gasteiger partial charge < -0.3 is 34.6 Å². The third-order valence-corrected chi connectivity index (χ3v) is 5.95. The number of fused-ring (bicyclic) bond motifs is 1. The van der Waals surface area contributed by atoms with Gasteiger partial charge in [0.15, 0.2) is 6.29 Å². The zero-order valence-corrected chi connectivity index (χ0v) is 16.5. The lowest BCUT2D eigenvalue weighted by atomic mass is 9.87. The molecular weight excluding hydrogens is 352 g/mol. The van der Waals surface area contributed by atoms with Crippen molar-refractivity contribution in [2.45, 2.75) is 83.8 Å². The topological polar surface area (TPSA) is 109 Å². The standard InChI is InChI=1S/C20H30O7/c1-9-10(2)18-13(11(3)14(9)21)6-7-20(5,27-18)8-25-19-17(24)16(23)15(22)12(4)26-19/h12,15-17,19,21-24H,6-8H2,1-5H3/t12-,15-,16+,17+,19+,20?/m0/s1. The fraction of sp³-hybridized carbons (Fsp3) is 0.700. The molecule has 2 aliphatic rings. The maximum Gasteiger partial charge on any atom is 0.186 e. The fourth-order valence-corrected chi connectivity index (χ4v) is 3.81. The van der Waals surface area contributed by atoms with E-state index in [9.17, 15) is 20.4 Å². The minimum atomic E-state index is -1.33. The molecule has 1 fully saturated rings. The lowest BCUT2D eigenvalue weighted by molar-refractivity contribution is -0.300. The van der Waals surface area contributed by atoms with Gasteiger partial charge in [-0.3, -0.25) is 0 Å². The SMILES string of the molecule is Cc1c(C)c2c(c(C)c1O)CCC(C)(CO[C@@H]1O[C@@H](C)[C@H](O)[C@@H](O)[C@H]1O)O2. The number of aromatic hydroxyl groups is 1. The molecule has 0 spiro atoms. The van der Waals surface area contributed by atoms with Crippen LogP contribution in [0.3, 0.4) is 0 Å². The van der Waals surface area contributed by atoms with Crippen molar-refractivity contribution >= 4 is 0 Å². The van der Waals surface area contributed by atoms with E-state index in [4.69, 9.17) is 14.2 Å². The lowest BCUT2D eigenvalue weighted by Crippen LogP contribution is -2.58. The molecule has 7 nitrogen and oxygen atoms in total. The number of hydrogen-bond acceptors (Lipinski definition) is 7. The Morgan fingerprint density at radius 2 is 1.70 bits per heavy atom. The average molecular weight is 382 g/mol. The minimum absolute atomic E-state index is 0.155. The van der Waals surface area contributed by atoms with Gasteiger partial charge >= 0.3 is 0 Å². The van der Waals surface area contributed by atoms with Crippen LogP contribution in [0.5, 0.6) is 11.5 Å². The fourth-order valence-electron chi connectivity index (χ4n) is 3.81. The summed E-state index contributed by atoms with van der Waals surface area (Å²) in [6, 6.07) is 0. The monoisotopic (exact) mass is 382 g/mol. The third-order valence-electron chi connectivity index (χ3n) is 5.95. The number of benzene rings is 1. The summed E-state index contributed by atoms with van der Waals surface area (Å²) in [5.74, 6) is 1.09. The summed E-state index contributed by atoms with van der Waals surface area (Å²) in [5.41, 5.74) is 2.91. The highest BCUT2D eigenvalue weighted by Gasteiger charge is 2.44. The van der Waals surface area contributed by atoms with Gasteiger partial charge in [0, 0.05) is 5.56 Å². The van der Waals surface area contributed by atoms with Crippen LogP contribution in [-0.2, 0) is 15.9 Å². The van der Waals surface area contributed by atoms with E-state index in [1.807, 2.05) is 27.7 Å². The molecule has 0 bridgehead atoms. The molecule has 3 rings (SSSR count). The Morgan fingerprint density at radius 3 is 2.37 bits per heavy atom. The predicted octanol–water partition coefficient (Wildman–Crippen LogP) is 1.25. The molecular formula is C20H30O7. The Kier molecular flexibility index (Phi) is 5.44. The Morgan fingerprint density at radius 1 is 1.04 bits per heavy atom. The van der Waals surface area contributed by atoms with Crippen molar-refractivity contribution in [3.8, 4) is 11.5 Å². The highest BCUT2D eigenvalue weighted by atomic mass is 16.7. The van der Waals surface area contributed by atoms with Crippen LogP contribution in [0.15, 0.2) is 0 Å². The third kappa shape index (κ3) is 3.54. The first-order valence-electron chi connectivity index (χ1n) is 9.37. The second kappa shape index (κ2) is 7.22. The van der Waals surface area contributed by atoms with Gasteiger partial charge in [-0.05, 0) is 64.2 Å². The van der Waals surface area contributed by atoms with E-state index < -0.39 is 36.3 Å². The first kappa shape index (κ1) is 20.4. The molecule has 152 valence electrons. The second-order valence-corrected chi connectivity index (χ2v) is 8.08. The zero-order chi connectivity index (χ0) is 20.1. The van der Waals surface area contributed by atoms with Crippen LogP contribution in [0.25, 0.3) is 0 Å². The molecule has 1 saturated heterocycles. The van der Waals surface area contributed by atoms with E-state index in [0.29, 0.717) is 12.2 Å². The van der Waals surface area contributed by atoms with E-state index in [1.54, 1.807) is 6.92 Å². The number of aliphatic hydroxyl groups excluding tert-OH is 3. The van der Waals surface area contributed by atoms with Gasteiger partial charge in [0.1, 0.15) is 35.4 Å². The molecule has 1 unspecified atom stereocenters. The molecule has 0 saturated carbocycles. The maximum absolute atomic E-state index is 10.3. The first-order chi connectivity index (χ1) is 12.6. The number of rotatable bonds is 3. The van der Waals surface area contributed by atoms with Crippen molar-refractivity contribution in [2.24, 2.45) is 0 Å². The summed E-state index contributed by atoms with van der Waals surface area (Å²) in [6.45, 7) is 9.38. The summed E-state index contributed by atoms with van der Waals surface area (Å²) < 4.78 is 17.5. The van der Waals surface area contributed by atoms with Crippen molar-refractivity contribution in [3.05, 3.63) is 22.3 Å². The summed E-state index contributed by atoms with van der Waals surface area (Å²) >= 11 is 0. The van der Waals surface area contributed by atoms with Crippen molar-refractivity contribution in [1.82, 2.24) is 0 Å². The molecule has 2 aliphatic heterocycles. The van der Waals surface area contributed by atoms with Crippen LogP contribution in [-0.4, -0.2) is 63.3 Å². The van der Waals surface area contributed by atoms with Crippen LogP contribution in [0.4, 0.5) is 0 Å². The van der Waals surface area contributed by atoms with Crippen LogP contribution in [0.2, 0.25) is 0 Å². The van der Waals surface area contributed by atoms with Gasteiger partial charge in [-0.1, -0.05) is 0 Å². The molecule has 0 amide bonds. The number of phenolic OH excluding ortho intramolecular Hbond substituents is 1. The van der Waals surface area contributed by atoms with Gasteiger partial charge in [-0.2, -0.15) is 0 Å². The molecule has 7 heteroatoms. The van der Waals surface area contributed by atoms with Gasteiger partial charge in [-0.25, -0.2) is 0 Å². The number of aliphatic hydroxyl groups is 3. The Bertz CT molecular complexity index is 719. The molecule has 0 aliphatic carbocycles. The number of ether oxygens (including phenoxy) is 3. The van der Waals surface area contributed by atoms with Crippen LogP contribution < -0.4 is 4.74 Å². The molecule has 27 heavy (non-hydrogen) atoms. The zero-order valence-electron chi connectivity index (χ0n) is 16.5. The van der Waals surface area contributed by atoms with Crippen molar-refractivity contribution in [1.29, 1.82) is 0 Å². The van der Waals surface area contributed by atoms with E-state index in [2.05, 4.69) is 0 Å². The molecule has 1 aromatic carbocycles. The van der Waals surface area contributed by atoms with Crippen LogP contribution in [0.1, 0.15) is 42.5 Å².